The van der Waals surface area contributed by atoms with Crippen LogP contribution >= 0.6 is 0 Å². The van der Waals surface area contributed by atoms with Crippen LogP contribution in [0.25, 0.3) is 0 Å². The molecule has 128 valence electrons. The van der Waals surface area contributed by atoms with Crippen LogP contribution in [0.1, 0.15) is 60.3 Å². The molecule has 5 heteroatoms. The molecule has 0 bridgehead atoms. The minimum absolute atomic E-state index is 0.0608. The standard InChI is InChI=1S/C17H34N4O/c1-6-8-10-20(9-7-2)11-12-21-15(22)17(5,13-14(3)4)19-16(21)18/h14H,6-13H2,1-5H3,(H2,18,19). The summed E-state index contributed by atoms with van der Waals surface area (Å²) in [7, 11) is 0. The largest absolute Gasteiger partial charge is 0.369 e. The van der Waals surface area contributed by atoms with Gasteiger partial charge in [0.05, 0.1) is 0 Å². The molecule has 1 atom stereocenters. The van der Waals surface area contributed by atoms with E-state index in [2.05, 4.69) is 37.6 Å². The summed E-state index contributed by atoms with van der Waals surface area (Å²) in [5.41, 5.74) is 5.35. The van der Waals surface area contributed by atoms with Crippen molar-refractivity contribution in [1.29, 1.82) is 0 Å². The number of nitrogens with zero attached hydrogens (tertiary/aromatic N) is 3. The molecule has 0 saturated heterocycles. The van der Waals surface area contributed by atoms with Gasteiger partial charge in [0.2, 0.25) is 0 Å². The van der Waals surface area contributed by atoms with Crippen LogP contribution in [0.15, 0.2) is 4.99 Å². The zero-order valence-corrected chi connectivity index (χ0v) is 15.1. The SMILES string of the molecule is CCCCN(CCC)CCN1C(=O)C(C)(CC(C)C)N=C1N. The molecule has 5 nitrogen and oxygen atoms in total. The van der Waals surface area contributed by atoms with E-state index in [1.807, 2.05) is 6.92 Å². The molecule has 1 amide bonds. The molecule has 1 aliphatic heterocycles. The maximum Gasteiger partial charge on any atom is 0.257 e. The predicted molar refractivity (Wildman–Crippen MR) is 92.8 cm³/mol. The number of hydrogen-bond donors (Lipinski definition) is 1. The van der Waals surface area contributed by atoms with E-state index < -0.39 is 5.54 Å². The van der Waals surface area contributed by atoms with E-state index >= 15 is 0 Å². The van der Waals surface area contributed by atoms with Crippen LogP contribution in [0.3, 0.4) is 0 Å². The Kier molecular flexibility index (Phi) is 7.33. The summed E-state index contributed by atoms with van der Waals surface area (Å²) >= 11 is 0. The predicted octanol–water partition coefficient (Wildman–Crippen LogP) is 2.46. The third kappa shape index (κ3) is 4.97. The minimum Gasteiger partial charge on any atom is -0.369 e. The van der Waals surface area contributed by atoms with Crippen molar-refractivity contribution < 1.29 is 4.79 Å². The second-order valence-electron chi connectivity index (χ2n) is 6.99. The highest BCUT2D eigenvalue weighted by atomic mass is 16.2. The lowest BCUT2D eigenvalue weighted by Crippen LogP contribution is -2.46. The summed E-state index contributed by atoms with van der Waals surface area (Å²) in [6, 6.07) is 0. The lowest BCUT2D eigenvalue weighted by atomic mass is 9.91. The number of carbonyl (C=O) groups excluding carboxylic acids is 1. The van der Waals surface area contributed by atoms with Crippen LogP contribution < -0.4 is 5.73 Å². The molecule has 0 aromatic rings. The Bertz CT molecular complexity index is 394. The minimum atomic E-state index is -0.669. The lowest BCUT2D eigenvalue weighted by Gasteiger charge is -2.27. The molecule has 0 radical (unpaired) electrons. The van der Waals surface area contributed by atoms with Gasteiger partial charge in [0, 0.05) is 13.1 Å². The van der Waals surface area contributed by atoms with E-state index in [0.29, 0.717) is 18.4 Å². The van der Waals surface area contributed by atoms with Crippen LogP contribution in [0.2, 0.25) is 0 Å². The first-order valence-corrected chi connectivity index (χ1v) is 8.73. The first-order valence-electron chi connectivity index (χ1n) is 8.73. The number of nitrogens with two attached hydrogens (primary N) is 1. The lowest BCUT2D eigenvalue weighted by molar-refractivity contribution is -0.131. The van der Waals surface area contributed by atoms with E-state index in [9.17, 15) is 4.79 Å². The molecule has 0 fully saturated rings. The van der Waals surface area contributed by atoms with Gasteiger partial charge < -0.3 is 10.6 Å². The van der Waals surface area contributed by atoms with Gasteiger partial charge in [-0.2, -0.15) is 0 Å². The molecule has 1 unspecified atom stereocenters. The highest BCUT2D eigenvalue weighted by molar-refractivity contribution is 6.06. The molecule has 0 spiro atoms. The normalized spacial score (nSPS) is 22.0. The van der Waals surface area contributed by atoms with Crippen LogP contribution in [-0.4, -0.2) is 53.4 Å². The molecule has 2 N–H and O–H groups in total. The molecular weight excluding hydrogens is 276 g/mol. The third-order valence-corrected chi connectivity index (χ3v) is 4.16. The van der Waals surface area contributed by atoms with Crippen LogP contribution in [0.4, 0.5) is 0 Å². The average Bonchev–Trinajstić information content (AvgIpc) is 2.63. The number of unbranched alkanes of at least 4 members (excludes halogenated alkanes) is 1. The molecule has 0 saturated carbocycles. The number of carbonyl (C=O) groups is 1. The number of rotatable bonds is 10. The summed E-state index contributed by atoms with van der Waals surface area (Å²) in [4.78, 5) is 21.2. The molecule has 1 heterocycles. The maximum atomic E-state index is 12.7. The van der Waals surface area contributed by atoms with Gasteiger partial charge >= 0.3 is 0 Å². The highest BCUT2D eigenvalue weighted by Crippen LogP contribution is 2.28. The van der Waals surface area contributed by atoms with Gasteiger partial charge in [-0.15, -0.1) is 0 Å². The van der Waals surface area contributed by atoms with E-state index in [1.165, 1.54) is 12.8 Å². The van der Waals surface area contributed by atoms with E-state index in [-0.39, 0.29) is 5.91 Å². The molecule has 0 aromatic carbocycles. The number of amides is 1. The van der Waals surface area contributed by atoms with Crippen molar-refractivity contribution in [3.63, 3.8) is 0 Å². The zero-order chi connectivity index (χ0) is 16.8. The topological polar surface area (TPSA) is 61.9 Å². The maximum absolute atomic E-state index is 12.7. The van der Waals surface area contributed by atoms with Gasteiger partial charge in [-0.05, 0) is 45.2 Å². The summed E-state index contributed by atoms with van der Waals surface area (Å²) in [6.07, 6.45) is 4.27. The van der Waals surface area contributed by atoms with Crippen LogP contribution in [0.5, 0.6) is 0 Å². The van der Waals surface area contributed by atoms with Gasteiger partial charge in [-0.25, -0.2) is 4.99 Å². The quantitative estimate of drug-likeness (QED) is 0.674. The second-order valence-corrected chi connectivity index (χ2v) is 6.99. The van der Waals surface area contributed by atoms with Crippen molar-refractivity contribution in [2.45, 2.75) is 65.8 Å². The van der Waals surface area contributed by atoms with Gasteiger partial charge in [0.25, 0.3) is 5.91 Å². The monoisotopic (exact) mass is 310 g/mol. The fraction of sp³-hybridized carbons (Fsp3) is 0.882. The van der Waals surface area contributed by atoms with Gasteiger partial charge in [-0.3, -0.25) is 9.69 Å². The van der Waals surface area contributed by atoms with Crippen molar-refractivity contribution in [3.8, 4) is 0 Å². The smallest absolute Gasteiger partial charge is 0.257 e. The first-order chi connectivity index (χ1) is 10.3. The Balaban J connectivity index is 2.62. The average molecular weight is 310 g/mol. The Morgan fingerprint density at radius 2 is 1.91 bits per heavy atom. The fourth-order valence-corrected chi connectivity index (χ4v) is 3.17. The van der Waals surface area contributed by atoms with Crippen molar-refractivity contribution >= 4 is 11.9 Å². The van der Waals surface area contributed by atoms with E-state index in [1.54, 1.807) is 4.90 Å². The van der Waals surface area contributed by atoms with Crippen LogP contribution in [-0.2, 0) is 4.79 Å². The zero-order valence-electron chi connectivity index (χ0n) is 15.1. The Morgan fingerprint density at radius 1 is 1.23 bits per heavy atom. The Hall–Kier alpha value is -1.10. The fourth-order valence-electron chi connectivity index (χ4n) is 3.17. The third-order valence-electron chi connectivity index (χ3n) is 4.16. The van der Waals surface area contributed by atoms with Gasteiger partial charge in [-0.1, -0.05) is 34.1 Å². The molecule has 1 rings (SSSR count). The van der Waals surface area contributed by atoms with Crippen molar-refractivity contribution in [3.05, 3.63) is 0 Å². The van der Waals surface area contributed by atoms with Crippen molar-refractivity contribution in [2.24, 2.45) is 16.6 Å². The number of guanidine groups is 1. The summed E-state index contributed by atoms with van der Waals surface area (Å²) in [5.74, 6) is 0.873. The second kappa shape index (κ2) is 8.51. The van der Waals surface area contributed by atoms with Crippen molar-refractivity contribution in [1.82, 2.24) is 9.80 Å². The van der Waals surface area contributed by atoms with Crippen molar-refractivity contribution in [2.75, 3.05) is 26.2 Å². The molecule has 0 aliphatic carbocycles. The highest BCUT2D eigenvalue weighted by Gasteiger charge is 2.43. The van der Waals surface area contributed by atoms with Gasteiger partial charge in [0.1, 0.15) is 5.54 Å². The van der Waals surface area contributed by atoms with E-state index in [4.69, 9.17) is 5.73 Å². The first kappa shape index (κ1) is 18.9. The van der Waals surface area contributed by atoms with Gasteiger partial charge in [0.15, 0.2) is 5.96 Å². The molecule has 1 aliphatic rings. The molecular formula is C17H34N4O. The number of hydrogen-bond acceptors (Lipinski definition) is 4. The Labute approximate surface area is 135 Å². The van der Waals surface area contributed by atoms with E-state index in [0.717, 1.165) is 32.5 Å². The summed E-state index contributed by atoms with van der Waals surface area (Å²) in [6.45, 7) is 14.2. The molecule has 22 heavy (non-hydrogen) atoms. The summed E-state index contributed by atoms with van der Waals surface area (Å²) in [5, 5.41) is 0. The van der Waals surface area contributed by atoms with Crippen LogP contribution in [0, 0.1) is 5.92 Å². The Morgan fingerprint density at radius 3 is 2.45 bits per heavy atom. The molecule has 0 aromatic heterocycles. The summed E-state index contributed by atoms with van der Waals surface area (Å²) < 4.78 is 0. The number of aliphatic imine (C=N–C) groups is 1.